The third-order valence-corrected chi connectivity index (χ3v) is 3.70. The van der Waals surface area contributed by atoms with Crippen molar-refractivity contribution < 1.29 is 4.79 Å². The van der Waals surface area contributed by atoms with Crippen LogP contribution in [0.2, 0.25) is 5.02 Å². The molecule has 1 heterocycles. The minimum Gasteiger partial charge on any atom is -0.287 e. The second-order valence-electron chi connectivity index (χ2n) is 4.67. The van der Waals surface area contributed by atoms with Crippen LogP contribution in [0.25, 0.3) is 0 Å². The highest BCUT2D eigenvalue weighted by molar-refractivity contribution is 9.10. The minimum atomic E-state index is -0.0489. The van der Waals surface area contributed by atoms with Crippen LogP contribution in [0.15, 0.2) is 28.9 Å². The summed E-state index contributed by atoms with van der Waals surface area (Å²) in [6.45, 7) is 5.86. The number of hydrogen-bond donors (Lipinski definition) is 0. The first-order chi connectivity index (χ1) is 8.91. The fourth-order valence-electron chi connectivity index (χ4n) is 1.95. The number of carbonyl (C=O) groups is 1. The molecule has 0 N–H and O–H groups in total. The van der Waals surface area contributed by atoms with Crippen LogP contribution in [-0.2, 0) is 0 Å². The summed E-state index contributed by atoms with van der Waals surface area (Å²) in [7, 11) is 0. The van der Waals surface area contributed by atoms with Crippen LogP contribution in [0.3, 0.4) is 0 Å². The molecule has 0 bridgehead atoms. The van der Waals surface area contributed by atoms with E-state index in [1.165, 1.54) is 0 Å². The molecule has 0 spiro atoms. The van der Waals surface area contributed by atoms with Gasteiger partial charge in [0.2, 0.25) is 5.78 Å². The predicted octanol–water partition coefficient (Wildman–Crippen LogP) is 4.42. The van der Waals surface area contributed by atoms with Gasteiger partial charge < -0.3 is 0 Å². The van der Waals surface area contributed by atoms with E-state index in [9.17, 15) is 4.79 Å². The second-order valence-corrected chi connectivity index (χ2v) is 5.96. The molecule has 0 fully saturated rings. The number of halogens is 2. The molecule has 0 atom stereocenters. The summed E-state index contributed by atoms with van der Waals surface area (Å²) >= 11 is 9.31. The molecule has 1 aromatic carbocycles. The summed E-state index contributed by atoms with van der Waals surface area (Å²) in [6.07, 6.45) is 1.65. The topological polar surface area (TPSA) is 34.9 Å². The van der Waals surface area contributed by atoms with Crippen molar-refractivity contribution >= 4 is 33.3 Å². The van der Waals surface area contributed by atoms with Gasteiger partial charge in [0.15, 0.2) is 0 Å². The van der Waals surface area contributed by atoms with Crippen molar-refractivity contribution in [3.8, 4) is 0 Å². The van der Waals surface area contributed by atoms with Crippen molar-refractivity contribution in [2.24, 2.45) is 0 Å². The van der Waals surface area contributed by atoms with E-state index in [0.717, 1.165) is 5.56 Å². The van der Waals surface area contributed by atoms with Gasteiger partial charge in [0, 0.05) is 16.6 Å². The summed E-state index contributed by atoms with van der Waals surface area (Å²) in [5.41, 5.74) is 2.08. The summed E-state index contributed by atoms with van der Waals surface area (Å²) in [6, 6.07) is 5.40. The zero-order valence-corrected chi connectivity index (χ0v) is 13.3. The van der Waals surface area contributed by atoms with Gasteiger partial charge in [-0.25, -0.2) is 0 Å². The van der Waals surface area contributed by atoms with Gasteiger partial charge in [-0.3, -0.25) is 9.48 Å². The lowest BCUT2D eigenvalue weighted by molar-refractivity contribution is 0.102. The van der Waals surface area contributed by atoms with E-state index in [0.29, 0.717) is 20.8 Å². The maximum Gasteiger partial charge on any atom is 0.212 e. The Bertz CT molecular complexity index is 634. The van der Waals surface area contributed by atoms with E-state index in [-0.39, 0.29) is 11.8 Å². The lowest BCUT2D eigenvalue weighted by Gasteiger charge is -2.12. The summed E-state index contributed by atoms with van der Waals surface area (Å²) in [5.74, 6) is -0.0489. The van der Waals surface area contributed by atoms with Gasteiger partial charge in [-0.05, 0) is 60.5 Å². The largest absolute Gasteiger partial charge is 0.287 e. The highest BCUT2D eigenvalue weighted by Crippen LogP contribution is 2.25. The number of nitrogens with zero attached hydrogens (tertiary/aromatic N) is 2. The Labute approximate surface area is 125 Å². The molecule has 0 unspecified atom stereocenters. The van der Waals surface area contributed by atoms with E-state index in [1.54, 1.807) is 29.1 Å². The number of hydrogen-bond acceptors (Lipinski definition) is 2. The Morgan fingerprint density at radius 1 is 1.42 bits per heavy atom. The first-order valence-electron chi connectivity index (χ1n) is 5.95. The first-order valence-corrected chi connectivity index (χ1v) is 7.12. The molecule has 0 saturated heterocycles. The van der Waals surface area contributed by atoms with E-state index in [2.05, 4.69) is 21.0 Å². The lowest BCUT2D eigenvalue weighted by atomic mass is 10.0. The fourth-order valence-corrected chi connectivity index (χ4v) is 2.63. The summed E-state index contributed by atoms with van der Waals surface area (Å²) < 4.78 is 2.43. The molecule has 100 valence electrons. The van der Waals surface area contributed by atoms with Crippen LogP contribution in [-0.4, -0.2) is 15.6 Å². The second kappa shape index (κ2) is 5.47. The Hall–Kier alpha value is -1.13. The number of rotatable bonds is 3. The Kier molecular flexibility index (Phi) is 4.11. The van der Waals surface area contributed by atoms with Crippen LogP contribution < -0.4 is 0 Å². The van der Waals surface area contributed by atoms with Crippen molar-refractivity contribution in [1.29, 1.82) is 0 Å². The molecule has 0 aliphatic heterocycles. The quantitative estimate of drug-likeness (QED) is 0.775. The Morgan fingerprint density at radius 3 is 2.68 bits per heavy atom. The lowest BCUT2D eigenvalue weighted by Crippen LogP contribution is -2.14. The number of aryl methyl sites for hydroxylation is 1. The standard InChI is InChI=1S/C14H14BrClN2O/c1-8(2)18-13(12(15)7-17-18)14(19)11-5-4-10(16)6-9(11)3/h4-8H,1-3H3. The molecule has 1 aromatic heterocycles. The molecule has 0 amide bonds. The van der Waals surface area contributed by atoms with Gasteiger partial charge in [0.25, 0.3) is 0 Å². The molecule has 5 heteroatoms. The molecule has 0 aliphatic rings. The van der Waals surface area contributed by atoms with Gasteiger partial charge in [0.05, 0.1) is 10.7 Å². The predicted molar refractivity (Wildman–Crippen MR) is 79.9 cm³/mol. The number of benzene rings is 1. The smallest absolute Gasteiger partial charge is 0.212 e. The molecule has 0 aliphatic carbocycles. The summed E-state index contributed by atoms with van der Waals surface area (Å²) in [4.78, 5) is 12.7. The summed E-state index contributed by atoms with van der Waals surface area (Å²) in [5, 5.41) is 4.86. The van der Waals surface area contributed by atoms with Crippen molar-refractivity contribution in [2.75, 3.05) is 0 Å². The van der Waals surface area contributed by atoms with Crippen LogP contribution in [0.5, 0.6) is 0 Å². The normalized spacial score (nSPS) is 11.1. The number of aromatic nitrogens is 2. The molecule has 0 radical (unpaired) electrons. The van der Waals surface area contributed by atoms with Gasteiger partial charge in [-0.15, -0.1) is 0 Å². The maximum absolute atomic E-state index is 12.7. The van der Waals surface area contributed by atoms with E-state index in [1.807, 2.05) is 20.8 Å². The monoisotopic (exact) mass is 340 g/mol. The average Bonchev–Trinajstić information content (AvgIpc) is 2.70. The van der Waals surface area contributed by atoms with Crippen molar-refractivity contribution in [3.05, 3.63) is 50.7 Å². The highest BCUT2D eigenvalue weighted by atomic mass is 79.9. The van der Waals surface area contributed by atoms with E-state index < -0.39 is 0 Å². The Balaban J connectivity index is 2.53. The molecule has 19 heavy (non-hydrogen) atoms. The van der Waals surface area contributed by atoms with Crippen LogP contribution in [0, 0.1) is 6.92 Å². The molecule has 2 aromatic rings. The average molecular weight is 342 g/mol. The SMILES string of the molecule is Cc1cc(Cl)ccc1C(=O)c1c(Br)cnn1C(C)C. The molecule has 2 rings (SSSR count). The number of carbonyl (C=O) groups excluding carboxylic acids is 1. The van der Waals surface area contributed by atoms with Crippen molar-refractivity contribution in [1.82, 2.24) is 9.78 Å². The van der Waals surface area contributed by atoms with Gasteiger partial charge >= 0.3 is 0 Å². The van der Waals surface area contributed by atoms with Crippen LogP contribution >= 0.6 is 27.5 Å². The Morgan fingerprint density at radius 2 is 2.11 bits per heavy atom. The fraction of sp³-hybridized carbons (Fsp3) is 0.286. The van der Waals surface area contributed by atoms with Gasteiger partial charge in [-0.1, -0.05) is 11.6 Å². The molecular formula is C14H14BrClN2O. The van der Waals surface area contributed by atoms with Gasteiger partial charge in [-0.2, -0.15) is 5.10 Å². The minimum absolute atomic E-state index is 0.0489. The molecule has 0 saturated carbocycles. The zero-order chi connectivity index (χ0) is 14.2. The molecular weight excluding hydrogens is 328 g/mol. The number of ketones is 1. The van der Waals surface area contributed by atoms with E-state index in [4.69, 9.17) is 11.6 Å². The third-order valence-electron chi connectivity index (χ3n) is 2.89. The van der Waals surface area contributed by atoms with Crippen molar-refractivity contribution in [2.45, 2.75) is 26.8 Å². The third kappa shape index (κ3) is 2.74. The van der Waals surface area contributed by atoms with Crippen LogP contribution in [0.1, 0.15) is 41.5 Å². The zero-order valence-electron chi connectivity index (χ0n) is 10.9. The van der Waals surface area contributed by atoms with Crippen molar-refractivity contribution in [3.63, 3.8) is 0 Å². The van der Waals surface area contributed by atoms with Crippen LogP contribution in [0.4, 0.5) is 0 Å². The molecule has 3 nitrogen and oxygen atoms in total. The first kappa shape index (κ1) is 14.3. The van der Waals surface area contributed by atoms with Gasteiger partial charge in [0.1, 0.15) is 5.69 Å². The maximum atomic E-state index is 12.7. The van der Waals surface area contributed by atoms with E-state index >= 15 is 0 Å². The highest BCUT2D eigenvalue weighted by Gasteiger charge is 2.21.